The fourth-order valence-corrected chi connectivity index (χ4v) is 2.30. The van der Waals surface area contributed by atoms with Crippen molar-refractivity contribution in [1.82, 2.24) is 5.32 Å². The molecule has 0 atom stereocenters. The van der Waals surface area contributed by atoms with Crippen molar-refractivity contribution in [2.24, 2.45) is 0 Å². The molecule has 6 heteroatoms. The van der Waals surface area contributed by atoms with E-state index in [2.05, 4.69) is 10.6 Å². The van der Waals surface area contributed by atoms with Crippen LogP contribution >= 0.6 is 11.6 Å². The summed E-state index contributed by atoms with van der Waals surface area (Å²) in [7, 11) is 1.56. The van der Waals surface area contributed by atoms with Gasteiger partial charge in [-0.2, -0.15) is 0 Å². The van der Waals surface area contributed by atoms with Crippen LogP contribution in [0.1, 0.15) is 22.8 Å². The van der Waals surface area contributed by atoms with Gasteiger partial charge >= 0.3 is 0 Å². The SMILES string of the molecule is COc1ccc(Cl)cc1CNC(=O)c1cccc(NC(C)=O)c1. The van der Waals surface area contributed by atoms with Gasteiger partial charge in [-0.25, -0.2) is 0 Å². The first-order valence-electron chi connectivity index (χ1n) is 6.98. The predicted octanol–water partition coefficient (Wildman–Crippen LogP) is 3.24. The molecule has 120 valence electrons. The Hall–Kier alpha value is -2.53. The highest BCUT2D eigenvalue weighted by Gasteiger charge is 2.09. The number of nitrogens with one attached hydrogen (secondary N) is 2. The Morgan fingerprint density at radius 2 is 1.96 bits per heavy atom. The van der Waals surface area contributed by atoms with Crippen LogP contribution in [0.25, 0.3) is 0 Å². The highest BCUT2D eigenvalue weighted by molar-refractivity contribution is 6.30. The third-order valence-corrected chi connectivity index (χ3v) is 3.36. The third-order valence-electron chi connectivity index (χ3n) is 3.13. The molecule has 0 fully saturated rings. The topological polar surface area (TPSA) is 67.4 Å². The summed E-state index contributed by atoms with van der Waals surface area (Å²) in [5.41, 5.74) is 1.81. The first-order chi connectivity index (χ1) is 11.0. The van der Waals surface area contributed by atoms with E-state index in [1.165, 1.54) is 6.92 Å². The van der Waals surface area contributed by atoms with Crippen LogP contribution in [-0.4, -0.2) is 18.9 Å². The average Bonchev–Trinajstić information content (AvgIpc) is 2.52. The fourth-order valence-electron chi connectivity index (χ4n) is 2.10. The minimum atomic E-state index is -0.251. The van der Waals surface area contributed by atoms with Crippen molar-refractivity contribution in [2.75, 3.05) is 12.4 Å². The Kier molecular flexibility index (Phi) is 5.60. The predicted molar refractivity (Wildman–Crippen MR) is 89.9 cm³/mol. The molecule has 0 radical (unpaired) electrons. The number of methoxy groups -OCH3 is 1. The van der Waals surface area contributed by atoms with Gasteiger partial charge in [-0.3, -0.25) is 9.59 Å². The molecule has 5 nitrogen and oxygen atoms in total. The highest BCUT2D eigenvalue weighted by Crippen LogP contribution is 2.22. The van der Waals surface area contributed by atoms with Crippen LogP contribution in [0, 0.1) is 0 Å². The number of anilines is 1. The summed E-state index contributed by atoms with van der Waals surface area (Å²) in [6.45, 7) is 1.70. The van der Waals surface area contributed by atoms with E-state index in [9.17, 15) is 9.59 Å². The van der Waals surface area contributed by atoms with Crippen molar-refractivity contribution in [2.45, 2.75) is 13.5 Å². The molecule has 0 spiro atoms. The number of ether oxygens (including phenoxy) is 1. The first-order valence-corrected chi connectivity index (χ1v) is 7.35. The van der Waals surface area contributed by atoms with Gasteiger partial charge in [0.05, 0.1) is 7.11 Å². The zero-order valence-corrected chi connectivity index (χ0v) is 13.6. The van der Waals surface area contributed by atoms with Gasteiger partial charge in [-0.15, -0.1) is 0 Å². The number of benzene rings is 2. The number of amides is 2. The second-order valence-electron chi connectivity index (χ2n) is 4.90. The van der Waals surface area contributed by atoms with E-state index in [1.807, 2.05) is 0 Å². The van der Waals surface area contributed by atoms with Gasteiger partial charge in [0.2, 0.25) is 5.91 Å². The van der Waals surface area contributed by atoms with Gasteiger partial charge in [0.25, 0.3) is 5.91 Å². The summed E-state index contributed by atoms with van der Waals surface area (Å²) in [6.07, 6.45) is 0. The molecule has 0 aliphatic rings. The van der Waals surface area contributed by atoms with Crippen LogP contribution in [0.3, 0.4) is 0 Å². The molecule has 0 aliphatic carbocycles. The number of carbonyl (C=O) groups is 2. The summed E-state index contributed by atoms with van der Waals surface area (Å²) in [5, 5.41) is 6.02. The molecule has 0 unspecified atom stereocenters. The Morgan fingerprint density at radius 1 is 1.17 bits per heavy atom. The van der Waals surface area contributed by atoms with Crippen LogP contribution in [0.5, 0.6) is 5.75 Å². The zero-order chi connectivity index (χ0) is 16.8. The molecule has 0 saturated carbocycles. The Morgan fingerprint density at radius 3 is 2.65 bits per heavy atom. The zero-order valence-electron chi connectivity index (χ0n) is 12.9. The highest BCUT2D eigenvalue weighted by atomic mass is 35.5. The minimum Gasteiger partial charge on any atom is -0.496 e. The van der Waals surface area contributed by atoms with Gasteiger partial charge in [-0.1, -0.05) is 17.7 Å². The first kappa shape index (κ1) is 16.8. The molecule has 0 saturated heterocycles. The normalized spacial score (nSPS) is 10.0. The van der Waals surface area contributed by atoms with Crippen LogP contribution in [0.15, 0.2) is 42.5 Å². The van der Waals surface area contributed by atoms with Crippen molar-refractivity contribution in [3.63, 3.8) is 0 Å². The Balaban J connectivity index is 2.08. The molecule has 23 heavy (non-hydrogen) atoms. The van der Waals surface area contributed by atoms with Crippen LogP contribution < -0.4 is 15.4 Å². The van der Waals surface area contributed by atoms with Crippen LogP contribution in [0.2, 0.25) is 5.02 Å². The van der Waals surface area contributed by atoms with Gasteiger partial charge in [0, 0.05) is 35.3 Å². The van der Waals surface area contributed by atoms with Crippen LogP contribution in [0.4, 0.5) is 5.69 Å². The summed E-state index contributed by atoms with van der Waals surface area (Å²) in [4.78, 5) is 23.3. The summed E-state index contributed by atoms with van der Waals surface area (Å²) in [5.74, 6) is 0.215. The maximum absolute atomic E-state index is 12.2. The van der Waals surface area contributed by atoms with Crippen molar-refractivity contribution in [1.29, 1.82) is 0 Å². The lowest BCUT2D eigenvalue weighted by Crippen LogP contribution is -2.23. The molecule has 2 amide bonds. The number of hydrogen-bond donors (Lipinski definition) is 2. The summed E-state index contributed by atoms with van der Waals surface area (Å²) >= 11 is 5.97. The molecule has 2 aromatic carbocycles. The van der Waals surface area contributed by atoms with E-state index in [1.54, 1.807) is 49.6 Å². The van der Waals surface area contributed by atoms with E-state index in [4.69, 9.17) is 16.3 Å². The second kappa shape index (κ2) is 7.65. The quantitative estimate of drug-likeness (QED) is 0.883. The third kappa shape index (κ3) is 4.72. The van der Waals surface area contributed by atoms with Crippen LogP contribution in [-0.2, 0) is 11.3 Å². The van der Waals surface area contributed by atoms with E-state index in [-0.39, 0.29) is 18.4 Å². The molecule has 0 aliphatic heterocycles. The number of halogens is 1. The second-order valence-corrected chi connectivity index (χ2v) is 5.34. The van der Waals surface area contributed by atoms with Crippen molar-refractivity contribution in [3.05, 3.63) is 58.6 Å². The lowest BCUT2D eigenvalue weighted by atomic mass is 10.1. The number of hydrogen-bond acceptors (Lipinski definition) is 3. The number of carbonyl (C=O) groups excluding carboxylic acids is 2. The Labute approximate surface area is 139 Å². The molecule has 2 N–H and O–H groups in total. The monoisotopic (exact) mass is 332 g/mol. The largest absolute Gasteiger partial charge is 0.496 e. The summed E-state index contributed by atoms with van der Waals surface area (Å²) < 4.78 is 5.24. The fraction of sp³-hybridized carbons (Fsp3) is 0.176. The van der Waals surface area contributed by atoms with E-state index in [0.717, 1.165) is 5.56 Å². The molecule has 2 aromatic rings. The average molecular weight is 333 g/mol. The maximum Gasteiger partial charge on any atom is 0.251 e. The maximum atomic E-state index is 12.2. The Bertz CT molecular complexity index is 732. The van der Waals surface area contributed by atoms with Crippen molar-refractivity contribution >= 4 is 29.1 Å². The van der Waals surface area contributed by atoms with Gasteiger partial charge in [-0.05, 0) is 36.4 Å². The van der Waals surface area contributed by atoms with E-state index in [0.29, 0.717) is 22.0 Å². The number of rotatable bonds is 5. The van der Waals surface area contributed by atoms with Gasteiger partial charge in [0.15, 0.2) is 0 Å². The van der Waals surface area contributed by atoms with Crippen molar-refractivity contribution < 1.29 is 14.3 Å². The molecule has 2 rings (SSSR count). The van der Waals surface area contributed by atoms with Crippen molar-refractivity contribution in [3.8, 4) is 5.75 Å². The molecular formula is C17H17ClN2O3. The molecule has 0 bridgehead atoms. The van der Waals surface area contributed by atoms with E-state index < -0.39 is 0 Å². The van der Waals surface area contributed by atoms with E-state index >= 15 is 0 Å². The summed E-state index contributed by atoms with van der Waals surface area (Å²) in [6, 6.07) is 11.9. The van der Waals surface area contributed by atoms with Gasteiger partial charge < -0.3 is 15.4 Å². The molecule has 0 heterocycles. The minimum absolute atomic E-state index is 0.189. The molecule has 0 aromatic heterocycles. The lowest BCUT2D eigenvalue weighted by molar-refractivity contribution is -0.114. The standard InChI is InChI=1S/C17H17ClN2O3/c1-11(21)20-15-5-3-4-12(9-15)17(22)19-10-13-8-14(18)6-7-16(13)23-2/h3-9H,10H2,1-2H3,(H,19,22)(H,20,21). The lowest BCUT2D eigenvalue weighted by Gasteiger charge is -2.11. The van der Waals surface area contributed by atoms with Gasteiger partial charge in [0.1, 0.15) is 5.75 Å². The molecular weight excluding hydrogens is 316 g/mol. The smallest absolute Gasteiger partial charge is 0.251 e.